The minimum Gasteiger partial charge on any atom is -0.396 e. The van der Waals surface area contributed by atoms with Crippen LogP contribution in [0.5, 0.6) is 0 Å². The number of benzene rings is 1. The summed E-state index contributed by atoms with van der Waals surface area (Å²) in [7, 11) is 0. The molecule has 25 heavy (non-hydrogen) atoms. The second-order valence-electron chi connectivity index (χ2n) is 7.03. The van der Waals surface area contributed by atoms with Crippen molar-refractivity contribution >= 4 is 5.91 Å². The van der Waals surface area contributed by atoms with Crippen LogP contribution in [0.15, 0.2) is 24.3 Å². The fourth-order valence-corrected chi connectivity index (χ4v) is 3.65. The third-order valence-electron chi connectivity index (χ3n) is 5.07. The molecule has 1 aromatic rings. The van der Waals surface area contributed by atoms with Crippen molar-refractivity contribution in [3.63, 3.8) is 0 Å². The Bertz CT molecular complexity index is 583. The van der Waals surface area contributed by atoms with Gasteiger partial charge in [0.1, 0.15) is 11.9 Å². The molecule has 3 rings (SSSR count). The molecule has 2 aliphatic heterocycles. The summed E-state index contributed by atoms with van der Waals surface area (Å²) in [6.07, 6.45) is 1.41. The number of nitrogens with zero attached hydrogens (tertiary/aromatic N) is 2. The van der Waals surface area contributed by atoms with Crippen LogP contribution in [0.4, 0.5) is 4.39 Å². The highest BCUT2D eigenvalue weighted by Crippen LogP contribution is 2.19. The quantitative estimate of drug-likeness (QED) is 0.721. The van der Waals surface area contributed by atoms with Gasteiger partial charge in [-0.3, -0.25) is 15.1 Å². The summed E-state index contributed by atoms with van der Waals surface area (Å²) in [6, 6.07) is 6.75. The van der Waals surface area contributed by atoms with Crippen LogP contribution in [0.2, 0.25) is 0 Å². The lowest BCUT2D eigenvalue weighted by Crippen LogP contribution is -2.57. The van der Waals surface area contributed by atoms with Gasteiger partial charge in [-0.2, -0.15) is 0 Å². The minimum atomic E-state index is -0.238. The lowest BCUT2D eigenvalue weighted by molar-refractivity contribution is -0.136. The molecule has 1 amide bonds. The second-order valence-corrected chi connectivity index (χ2v) is 7.03. The Morgan fingerprint density at radius 2 is 2.04 bits per heavy atom. The van der Waals surface area contributed by atoms with E-state index in [1.54, 1.807) is 12.1 Å². The average molecular weight is 350 g/mol. The lowest BCUT2D eigenvalue weighted by Gasteiger charge is -2.42. The Balaban J connectivity index is 1.61. The van der Waals surface area contributed by atoms with Gasteiger partial charge in [0, 0.05) is 44.9 Å². The summed E-state index contributed by atoms with van der Waals surface area (Å²) >= 11 is 0. The number of carbonyl (C=O) groups is 1. The van der Waals surface area contributed by atoms with Crippen LogP contribution in [0.3, 0.4) is 0 Å². The molecular weight excluding hydrogens is 323 g/mol. The highest BCUT2D eigenvalue weighted by atomic mass is 19.1. The Labute approximate surface area is 148 Å². The van der Waals surface area contributed by atoms with Gasteiger partial charge < -0.3 is 10.0 Å². The fourth-order valence-electron chi connectivity index (χ4n) is 3.65. The number of hydrazine groups is 1. The zero-order chi connectivity index (χ0) is 17.8. The summed E-state index contributed by atoms with van der Waals surface area (Å²) in [5.41, 5.74) is 7.20. The summed E-state index contributed by atoms with van der Waals surface area (Å²) in [6.45, 7) is 4.89. The van der Waals surface area contributed by atoms with Crippen molar-refractivity contribution in [2.75, 3.05) is 26.2 Å². The fraction of sp³-hybridized carbons (Fsp3) is 0.611. The predicted octanol–water partition coefficient (Wildman–Crippen LogP) is 0.476. The first kappa shape index (κ1) is 18.3. The van der Waals surface area contributed by atoms with Gasteiger partial charge in [0.25, 0.3) is 0 Å². The van der Waals surface area contributed by atoms with Gasteiger partial charge in [-0.05, 0) is 37.5 Å². The normalized spacial score (nSPS) is 27.6. The molecule has 6 nitrogen and oxygen atoms in total. The largest absolute Gasteiger partial charge is 0.396 e. The number of halogens is 1. The molecule has 2 fully saturated rings. The van der Waals surface area contributed by atoms with Gasteiger partial charge in [0.15, 0.2) is 0 Å². The van der Waals surface area contributed by atoms with Gasteiger partial charge in [-0.1, -0.05) is 12.1 Å². The van der Waals surface area contributed by atoms with E-state index >= 15 is 0 Å². The van der Waals surface area contributed by atoms with Crippen molar-refractivity contribution in [3.8, 4) is 0 Å². The third-order valence-corrected chi connectivity index (χ3v) is 5.07. The molecule has 3 atom stereocenters. The molecule has 3 N–H and O–H groups in total. The van der Waals surface area contributed by atoms with Crippen molar-refractivity contribution in [2.45, 2.75) is 44.4 Å². The molecule has 2 saturated heterocycles. The number of piperazine rings is 1. The smallest absolute Gasteiger partial charge is 0.241 e. The highest BCUT2D eigenvalue weighted by Gasteiger charge is 2.34. The van der Waals surface area contributed by atoms with Crippen LogP contribution < -0.4 is 10.9 Å². The number of hydrogen-bond donors (Lipinski definition) is 3. The van der Waals surface area contributed by atoms with Gasteiger partial charge in [0.05, 0.1) is 0 Å². The SMILES string of the molecule is CC1CC(C(=O)N2CCN(Cc3ccc(F)cc3)C(CCO)C2)NN1. The second kappa shape index (κ2) is 8.23. The molecule has 3 unspecified atom stereocenters. The molecule has 2 heterocycles. The maximum Gasteiger partial charge on any atom is 0.241 e. The van der Waals surface area contributed by atoms with E-state index < -0.39 is 0 Å². The Morgan fingerprint density at radius 3 is 2.68 bits per heavy atom. The zero-order valence-electron chi connectivity index (χ0n) is 14.6. The van der Waals surface area contributed by atoms with E-state index in [2.05, 4.69) is 22.7 Å². The molecule has 2 aliphatic rings. The van der Waals surface area contributed by atoms with E-state index in [4.69, 9.17) is 0 Å². The van der Waals surface area contributed by atoms with Crippen molar-refractivity contribution < 1.29 is 14.3 Å². The van der Waals surface area contributed by atoms with Gasteiger partial charge in [-0.15, -0.1) is 0 Å². The number of aliphatic hydroxyl groups excluding tert-OH is 1. The van der Waals surface area contributed by atoms with Crippen LogP contribution in [0.1, 0.15) is 25.3 Å². The number of carbonyl (C=O) groups excluding carboxylic acids is 1. The first-order valence-electron chi connectivity index (χ1n) is 8.96. The number of amides is 1. The maximum atomic E-state index is 13.1. The molecule has 0 bridgehead atoms. The highest BCUT2D eigenvalue weighted by molar-refractivity contribution is 5.82. The first-order valence-corrected chi connectivity index (χ1v) is 8.96. The van der Waals surface area contributed by atoms with Crippen LogP contribution >= 0.6 is 0 Å². The van der Waals surface area contributed by atoms with Crippen LogP contribution in [-0.2, 0) is 11.3 Å². The van der Waals surface area contributed by atoms with E-state index in [0.29, 0.717) is 32.1 Å². The Morgan fingerprint density at radius 1 is 1.28 bits per heavy atom. The zero-order valence-corrected chi connectivity index (χ0v) is 14.6. The molecule has 7 heteroatoms. The molecular formula is C18H27FN4O2. The van der Waals surface area contributed by atoms with Crippen molar-refractivity contribution in [3.05, 3.63) is 35.6 Å². The summed E-state index contributed by atoms with van der Waals surface area (Å²) in [5, 5.41) is 9.41. The van der Waals surface area contributed by atoms with Crippen LogP contribution in [-0.4, -0.2) is 65.2 Å². The van der Waals surface area contributed by atoms with Gasteiger partial charge in [-0.25, -0.2) is 9.82 Å². The maximum absolute atomic E-state index is 13.1. The minimum absolute atomic E-state index is 0.0902. The first-order chi connectivity index (χ1) is 12.1. The monoisotopic (exact) mass is 350 g/mol. The number of hydrogen-bond acceptors (Lipinski definition) is 5. The van der Waals surface area contributed by atoms with E-state index in [1.165, 1.54) is 12.1 Å². The van der Waals surface area contributed by atoms with Gasteiger partial charge >= 0.3 is 0 Å². The molecule has 1 aromatic carbocycles. The Kier molecular flexibility index (Phi) is 6.01. The van der Waals surface area contributed by atoms with Crippen LogP contribution in [0.25, 0.3) is 0 Å². The predicted molar refractivity (Wildman–Crippen MR) is 93.0 cm³/mol. The molecule has 0 aliphatic carbocycles. The average Bonchev–Trinajstić information content (AvgIpc) is 3.04. The topological polar surface area (TPSA) is 67.8 Å². The van der Waals surface area contributed by atoms with E-state index in [1.807, 2.05) is 4.90 Å². The third kappa shape index (κ3) is 4.55. The van der Waals surface area contributed by atoms with Gasteiger partial charge in [0.2, 0.25) is 5.91 Å². The lowest BCUT2D eigenvalue weighted by atomic mass is 10.0. The standard InChI is InChI=1S/C18H27FN4O2/c1-13-10-17(21-20-13)18(25)23-8-7-22(16(12-23)6-9-24)11-14-2-4-15(19)5-3-14/h2-5,13,16-17,20-21,24H,6-12H2,1H3. The number of nitrogens with one attached hydrogen (secondary N) is 2. The summed E-state index contributed by atoms with van der Waals surface area (Å²) in [5.74, 6) is -0.112. The van der Waals surface area contributed by atoms with Crippen molar-refractivity contribution in [1.82, 2.24) is 20.7 Å². The molecule has 0 saturated carbocycles. The number of rotatable bonds is 5. The summed E-state index contributed by atoms with van der Waals surface area (Å²) < 4.78 is 13.1. The molecule has 138 valence electrons. The van der Waals surface area contributed by atoms with Crippen molar-refractivity contribution in [2.24, 2.45) is 0 Å². The van der Waals surface area contributed by atoms with Crippen LogP contribution in [0, 0.1) is 5.82 Å². The molecule has 0 spiro atoms. The van der Waals surface area contributed by atoms with E-state index in [-0.39, 0.29) is 30.4 Å². The molecule has 0 aromatic heterocycles. The molecule has 0 radical (unpaired) electrons. The Hall–Kier alpha value is -1.54. The number of aliphatic hydroxyl groups is 1. The van der Waals surface area contributed by atoms with E-state index in [9.17, 15) is 14.3 Å². The van der Waals surface area contributed by atoms with Crippen molar-refractivity contribution in [1.29, 1.82) is 0 Å². The summed E-state index contributed by atoms with van der Waals surface area (Å²) in [4.78, 5) is 16.9. The van der Waals surface area contributed by atoms with E-state index in [0.717, 1.165) is 18.5 Å².